The van der Waals surface area contributed by atoms with E-state index in [0.717, 1.165) is 28.4 Å². The number of carboxylic acid groups (broad SMARTS) is 1. The number of carbonyl (C=O) groups is 2. The second-order valence-corrected chi connectivity index (χ2v) is 8.37. The van der Waals surface area contributed by atoms with Gasteiger partial charge in [0.1, 0.15) is 6.04 Å². The standard InChI is InChI=1S/C27H26N4O3/c1-3-31-23-7-5-4-6-21(23)22-15-20(12-13-24(22)31)29-25(32)14-17(2)26(27(33)34)30-19-10-8-18(16-28)9-11-19/h4-13,15,17,26,30H,3,14H2,1-2H3,(H,29,32)(H,33,34). The zero-order valence-electron chi connectivity index (χ0n) is 19.1. The number of para-hydroxylation sites is 1. The van der Waals surface area contributed by atoms with Gasteiger partial charge in [-0.2, -0.15) is 5.26 Å². The van der Waals surface area contributed by atoms with Gasteiger partial charge in [-0.05, 0) is 61.4 Å². The van der Waals surface area contributed by atoms with Crippen LogP contribution in [-0.4, -0.2) is 27.6 Å². The molecule has 4 aromatic rings. The second-order valence-electron chi connectivity index (χ2n) is 8.37. The van der Waals surface area contributed by atoms with Gasteiger partial charge in [0.2, 0.25) is 5.91 Å². The monoisotopic (exact) mass is 454 g/mol. The van der Waals surface area contributed by atoms with Crippen molar-refractivity contribution in [3.8, 4) is 6.07 Å². The van der Waals surface area contributed by atoms with E-state index in [0.29, 0.717) is 16.9 Å². The fourth-order valence-electron chi connectivity index (χ4n) is 4.36. The van der Waals surface area contributed by atoms with Gasteiger partial charge < -0.3 is 20.3 Å². The normalized spacial score (nSPS) is 12.7. The van der Waals surface area contributed by atoms with Crippen molar-refractivity contribution in [1.82, 2.24) is 4.57 Å². The van der Waals surface area contributed by atoms with Crippen molar-refractivity contribution in [1.29, 1.82) is 5.26 Å². The molecule has 2 atom stereocenters. The Labute approximate surface area is 197 Å². The van der Waals surface area contributed by atoms with Crippen LogP contribution in [0.1, 0.15) is 25.8 Å². The van der Waals surface area contributed by atoms with Gasteiger partial charge in [0, 0.05) is 46.1 Å². The number of nitrogens with one attached hydrogen (secondary N) is 2. The summed E-state index contributed by atoms with van der Waals surface area (Å²) in [5.74, 6) is -1.77. The first kappa shape index (κ1) is 22.9. The minimum atomic E-state index is -1.04. The number of hydrogen-bond acceptors (Lipinski definition) is 4. The molecule has 0 saturated heterocycles. The highest BCUT2D eigenvalue weighted by Crippen LogP contribution is 2.31. The summed E-state index contributed by atoms with van der Waals surface area (Å²) in [5, 5.41) is 26.7. The van der Waals surface area contributed by atoms with E-state index < -0.39 is 17.9 Å². The van der Waals surface area contributed by atoms with Gasteiger partial charge in [0.15, 0.2) is 0 Å². The molecule has 1 amide bonds. The number of nitrogens with zero attached hydrogens (tertiary/aromatic N) is 2. The molecule has 172 valence electrons. The second kappa shape index (κ2) is 9.67. The van der Waals surface area contributed by atoms with Crippen molar-refractivity contribution in [2.45, 2.75) is 32.9 Å². The Hall–Kier alpha value is -4.31. The maximum absolute atomic E-state index is 12.8. The average Bonchev–Trinajstić information content (AvgIpc) is 3.15. The van der Waals surface area contributed by atoms with E-state index in [2.05, 4.69) is 34.3 Å². The Balaban J connectivity index is 1.48. The largest absolute Gasteiger partial charge is 0.480 e. The summed E-state index contributed by atoms with van der Waals surface area (Å²) in [5.41, 5.74) is 4.00. The topological polar surface area (TPSA) is 107 Å². The molecule has 1 heterocycles. The summed E-state index contributed by atoms with van der Waals surface area (Å²) in [6.07, 6.45) is 0.0367. The lowest BCUT2D eigenvalue weighted by molar-refractivity contribution is -0.139. The highest BCUT2D eigenvalue weighted by molar-refractivity contribution is 6.09. The van der Waals surface area contributed by atoms with Crippen LogP contribution in [0.15, 0.2) is 66.7 Å². The Bertz CT molecular complexity index is 1400. The van der Waals surface area contributed by atoms with Crippen LogP contribution >= 0.6 is 0 Å². The van der Waals surface area contributed by atoms with E-state index in [4.69, 9.17) is 5.26 Å². The summed E-state index contributed by atoms with van der Waals surface area (Å²) < 4.78 is 2.24. The summed E-state index contributed by atoms with van der Waals surface area (Å²) in [6.45, 7) is 4.68. The minimum absolute atomic E-state index is 0.0367. The number of nitriles is 1. The fourth-order valence-corrected chi connectivity index (χ4v) is 4.36. The molecule has 3 aromatic carbocycles. The van der Waals surface area contributed by atoms with E-state index in [1.807, 2.05) is 36.4 Å². The molecule has 3 N–H and O–H groups in total. The molecule has 34 heavy (non-hydrogen) atoms. The first-order chi connectivity index (χ1) is 16.4. The van der Waals surface area contributed by atoms with Crippen molar-refractivity contribution in [2.75, 3.05) is 10.6 Å². The molecule has 4 rings (SSSR count). The molecule has 0 bridgehead atoms. The molecule has 7 nitrogen and oxygen atoms in total. The SMILES string of the molecule is CCn1c2ccccc2c2cc(NC(=O)CC(C)C(Nc3ccc(C#N)cc3)C(=O)O)ccc21. The number of anilines is 2. The van der Waals surface area contributed by atoms with Gasteiger partial charge in [-0.1, -0.05) is 25.1 Å². The number of aromatic nitrogens is 1. The number of rotatable bonds is 8. The van der Waals surface area contributed by atoms with E-state index in [9.17, 15) is 14.7 Å². The molecular formula is C27H26N4O3. The number of carboxylic acids is 1. The number of carbonyl (C=O) groups excluding carboxylic acids is 1. The number of hydrogen-bond donors (Lipinski definition) is 3. The van der Waals surface area contributed by atoms with Crippen LogP contribution in [0, 0.1) is 17.2 Å². The maximum Gasteiger partial charge on any atom is 0.326 e. The van der Waals surface area contributed by atoms with Crippen molar-refractivity contribution >= 4 is 45.1 Å². The third-order valence-corrected chi connectivity index (χ3v) is 6.05. The molecule has 2 unspecified atom stereocenters. The predicted molar refractivity (Wildman–Crippen MR) is 134 cm³/mol. The van der Waals surface area contributed by atoms with Crippen LogP contribution in [-0.2, 0) is 16.1 Å². The van der Waals surface area contributed by atoms with Crippen LogP contribution in [0.3, 0.4) is 0 Å². The lowest BCUT2D eigenvalue weighted by atomic mass is 9.97. The van der Waals surface area contributed by atoms with Gasteiger partial charge >= 0.3 is 5.97 Å². The number of amides is 1. The van der Waals surface area contributed by atoms with Gasteiger partial charge in [-0.15, -0.1) is 0 Å². The Morgan fingerprint density at radius 3 is 2.35 bits per heavy atom. The molecule has 0 spiro atoms. The van der Waals surface area contributed by atoms with Crippen LogP contribution in [0.5, 0.6) is 0 Å². The van der Waals surface area contributed by atoms with Gasteiger partial charge in [0.25, 0.3) is 0 Å². The Kier molecular flexibility index (Phi) is 6.51. The number of benzene rings is 3. The van der Waals surface area contributed by atoms with E-state index in [1.54, 1.807) is 31.2 Å². The Morgan fingerprint density at radius 1 is 1.00 bits per heavy atom. The summed E-state index contributed by atoms with van der Waals surface area (Å²) in [6, 6.07) is 21.6. The summed E-state index contributed by atoms with van der Waals surface area (Å²) in [4.78, 5) is 24.6. The van der Waals surface area contributed by atoms with Crippen molar-refractivity contribution in [3.05, 3.63) is 72.3 Å². The zero-order chi connectivity index (χ0) is 24.2. The molecule has 1 aromatic heterocycles. The molecule has 0 aliphatic rings. The van der Waals surface area contributed by atoms with Gasteiger partial charge in [-0.3, -0.25) is 4.79 Å². The number of aryl methyl sites for hydroxylation is 1. The maximum atomic E-state index is 12.8. The third kappa shape index (κ3) is 4.57. The van der Waals surface area contributed by atoms with Crippen LogP contribution in [0.2, 0.25) is 0 Å². The quantitative estimate of drug-likeness (QED) is 0.339. The third-order valence-electron chi connectivity index (χ3n) is 6.05. The summed E-state index contributed by atoms with van der Waals surface area (Å²) in [7, 11) is 0. The average molecular weight is 455 g/mol. The van der Waals surface area contributed by atoms with Crippen molar-refractivity contribution in [2.24, 2.45) is 5.92 Å². The number of aliphatic carboxylic acids is 1. The molecule has 7 heteroatoms. The lowest BCUT2D eigenvalue weighted by Crippen LogP contribution is -2.37. The molecule has 0 saturated carbocycles. The zero-order valence-corrected chi connectivity index (χ0v) is 19.1. The fraction of sp³-hybridized carbons (Fsp3) is 0.222. The van der Waals surface area contributed by atoms with E-state index in [-0.39, 0.29) is 12.3 Å². The highest BCUT2D eigenvalue weighted by atomic mass is 16.4. The van der Waals surface area contributed by atoms with Crippen molar-refractivity contribution < 1.29 is 14.7 Å². The Morgan fingerprint density at radius 2 is 1.68 bits per heavy atom. The molecule has 0 radical (unpaired) electrons. The molecule has 0 fully saturated rings. The van der Waals surface area contributed by atoms with E-state index >= 15 is 0 Å². The minimum Gasteiger partial charge on any atom is -0.480 e. The van der Waals surface area contributed by atoms with Crippen LogP contribution in [0.4, 0.5) is 11.4 Å². The van der Waals surface area contributed by atoms with Gasteiger partial charge in [0.05, 0.1) is 11.6 Å². The van der Waals surface area contributed by atoms with Gasteiger partial charge in [-0.25, -0.2) is 4.79 Å². The first-order valence-electron chi connectivity index (χ1n) is 11.2. The molecule has 0 aliphatic heterocycles. The lowest BCUT2D eigenvalue weighted by Gasteiger charge is -2.22. The van der Waals surface area contributed by atoms with E-state index in [1.165, 1.54) is 0 Å². The summed E-state index contributed by atoms with van der Waals surface area (Å²) >= 11 is 0. The highest BCUT2D eigenvalue weighted by Gasteiger charge is 2.26. The molecular weight excluding hydrogens is 428 g/mol. The first-order valence-corrected chi connectivity index (χ1v) is 11.2. The van der Waals surface area contributed by atoms with Crippen molar-refractivity contribution in [3.63, 3.8) is 0 Å². The van der Waals surface area contributed by atoms with Crippen LogP contribution < -0.4 is 10.6 Å². The number of fused-ring (bicyclic) bond motifs is 3. The smallest absolute Gasteiger partial charge is 0.326 e. The molecule has 0 aliphatic carbocycles. The van der Waals surface area contributed by atoms with Crippen LogP contribution in [0.25, 0.3) is 21.8 Å². The predicted octanol–water partition coefficient (Wildman–Crippen LogP) is 5.22.